The highest BCUT2D eigenvalue weighted by Gasteiger charge is 2.33. The predicted octanol–water partition coefficient (Wildman–Crippen LogP) is 4.50. The zero-order valence-electron chi connectivity index (χ0n) is 19.6. The first-order valence-corrected chi connectivity index (χ1v) is 11.5. The number of benzene rings is 3. The molecule has 1 heterocycles. The Balaban J connectivity index is 1.91. The van der Waals surface area contributed by atoms with Crippen LogP contribution in [0.25, 0.3) is 11.3 Å². The van der Waals surface area contributed by atoms with Gasteiger partial charge >= 0.3 is 11.9 Å². The lowest BCUT2D eigenvalue weighted by molar-refractivity contribution is -0.138. The van der Waals surface area contributed by atoms with Crippen molar-refractivity contribution in [2.75, 3.05) is 7.11 Å². The van der Waals surface area contributed by atoms with Crippen molar-refractivity contribution in [3.05, 3.63) is 115 Å². The van der Waals surface area contributed by atoms with Crippen LogP contribution in [0.4, 0.5) is 13.2 Å². The molecule has 4 rings (SSSR count). The van der Waals surface area contributed by atoms with Crippen molar-refractivity contribution in [2.24, 2.45) is 5.73 Å². The van der Waals surface area contributed by atoms with Gasteiger partial charge in [-0.1, -0.05) is 72.3 Å². The average Bonchev–Trinajstić information content (AvgIpc) is 2.88. The lowest BCUT2D eigenvalue weighted by Crippen LogP contribution is -2.44. The number of nitrogens with zero attached hydrogens (tertiary/aromatic N) is 3. The van der Waals surface area contributed by atoms with Gasteiger partial charge in [-0.25, -0.2) is 9.48 Å². The number of nitrogens with two attached hydrogens (primary N) is 1. The van der Waals surface area contributed by atoms with Crippen molar-refractivity contribution in [1.82, 2.24) is 14.3 Å². The SMILES string of the molecule is COc1cccc(-c2nn(Cc3ccccc3C(F)(F)F)c(=O)n(C[C@H](N)c3ccccc3)c2=O)c1Cl. The van der Waals surface area contributed by atoms with Gasteiger partial charge in [0.25, 0.3) is 5.56 Å². The molecule has 3 aromatic carbocycles. The van der Waals surface area contributed by atoms with Crippen molar-refractivity contribution in [3.8, 4) is 17.0 Å². The van der Waals surface area contributed by atoms with Crippen LogP contribution in [0, 0.1) is 0 Å². The Morgan fingerprint density at radius 1 is 1.00 bits per heavy atom. The fourth-order valence-electron chi connectivity index (χ4n) is 3.94. The Labute approximate surface area is 214 Å². The number of aromatic nitrogens is 3. The highest BCUT2D eigenvalue weighted by atomic mass is 35.5. The summed E-state index contributed by atoms with van der Waals surface area (Å²) >= 11 is 6.43. The summed E-state index contributed by atoms with van der Waals surface area (Å²) in [6.07, 6.45) is -4.65. The number of hydrogen-bond donors (Lipinski definition) is 1. The van der Waals surface area contributed by atoms with Crippen molar-refractivity contribution in [2.45, 2.75) is 25.3 Å². The van der Waals surface area contributed by atoms with E-state index in [4.69, 9.17) is 22.1 Å². The maximum atomic E-state index is 13.6. The zero-order chi connectivity index (χ0) is 26.7. The van der Waals surface area contributed by atoms with E-state index in [1.54, 1.807) is 42.5 Å². The van der Waals surface area contributed by atoms with Crippen molar-refractivity contribution < 1.29 is 17.9 Å². The van der Waals surface area contributed by atoms with Gasteiger partial charge in [0.2, 0.25) is 0 Å². The van der Waals surface area contributed by atoms with E-state index < -0.39 is 35.6 Å². The van der Waals surface area contributed by atoms with Gasteiger partial charge in [0.05, 0.1) is 30.8 Å². The van der Waals surface area contributed by atoms with Gasteiger partial charge in [0, 0.05) is 11.6 Å². The van der Waals surface area contributed by atoms with Gasteiger partial charge in [-0.3, -0.25) is 9.36 Å². The second-order valence-electron chi connectivity index (χ2n) is 8.20. The Morgan fingerprint density at radius 2 is 1.68 bits per heavy atom. The van der Waals surface area contributed by atoms with E-state index in [2.05, 4.69) is 5.10 Å². The first-order valence-electron chi connectivity index (χ1n) is 11.1. The lowest BCUT2D eigenvalue weighted by atomic mass is 10.1. The van der Waals surface area contributed by atoms with Gasteiger partial charge in [-0.05, 0) is 23.3 Å². The smallest absolute Gasteiger partial charge is 0.416 e. The van der Waals surface area contributed by atoms with Gasteiger partial charge in [0.1, 0.15) is 5.75 Å². The molecule has 1 atom stereocenters. The minimum absolute atomic E-state index is 0.0643. The number of alkyl halides is 3. The highest BCUT2D eigenvalue weighted by Crippen LogP contribution is 2.34. The molecule has 0 saturated carbocycles. The molecule has 0 fully saturated rings. The van der Waals surface area contributed by atoms with Crippen LogP contribution >= 0.6 is 11.6 Å². The summed E-state index contributed by atoms with van der Waals surface area (Å²) in [5, 5.41) is 4.22. The van der Waals surface area contributed by atoms with E-state index in [0.717, 1.165) is 15.3 Å². The molecule has 11 heteroatoms. The molecule has 4 aromatic rings. The van der Waals surface area contributed by atoms with Crippen molar-refractivity contribution in [1.29, 1.82) is 0 Å². The van der Waals surface area contributed by atoms with E-state index in [0.29, 0.717) is 5.56 Å². The monoisotopic (exact) mass is 530 g/mol. The number of methoxy groups -OCH3 is 1. The molecule has 0 aliphatic carbocycles. The van der Waals surface area contributed by atoms with Gasteiger partial charge in [-0.2, -0.15) is 18.3 Å². The fraction of sp³-hybridized carbons (Fsp3) is 0.192. The summed E-state index contributed by atoms with van der Waals surface area (Å²) in [5.41, 5.74) is 4.09. The molecule has 192 valence electrons. The quantitative estimate of drug-likeness (QED) is 0.380. The molecule has 0 bridgehead atoms. The summed E-state index contributed by atoms with van der Waals surface area (Å²) in [4.78, 5) is 26.9. The summed E-state index contributed by atoms with van der Waals surface area (Å²) in [6, 6.07) is 17.6. The first kappa shape index (κ1) is 26.2. The number of hydrogen-bond acceptors (Lipinski definition) is 5. The molecule has 1 aromatic heterocycles. The van der Waals surface area contributed by atoms with Crippen LogP contribution in [0.2, 0.25) is 5.02 Å². The molecule has 0 saturated heterocycles. The van der Waals surface area contributed by atoms with Crippen molar-refractivity contribution >= 4 is 11.6 Å². The van der Waals surface area contributed by atoms with Crippen LogP contribution in [0.1, 0.15) is 22.7 Å². The first-order chi connectivity index (χ1) is 17.6. The predicted molar refractivity (Wildman–Crippen MR) is 134 cm³/mol. The lowest BCUT2D eigenvalue weighted by Gasteiger charge is -2.18. The van der Waals surface area contributed by atoms with Crippen LogP contribution in [0.5, 0.6) is 5.75 Å². The number of ether oxygens (including phenoxy) is 1. The van der Waals surface area contributed by atoms with Crippen LogP contribution in [-0.4, -0.2) is 21.5 Å². The molecule has 2 N–H and O–H groups in total. The van der Waals surface area contributed by atoms with E-state index >= 15 is 0 Å². The second kappa shape index (κ2) is 10.6. The van der Waals surface area contributed by atoms with Crippen LogP contribution in [0.3, 0.4) is 0 Å². The molecular weight excluding hydrogens is 509 g/mol. The minimum atomic E-state index is -4.65. The topological polar surface area (TPSA) is 92.1 Å². The highest BCUT2D eigenvalue weighted by molar-refractivity contribution is 6.34. The van der Waals surface area contributed by atoms with Gasteiger partial charge < -0.3 is 10.5 Å². The maximum absolute atomic E-state index is 13.6. The minimum Gasteiger partial charge on any atom is -0.495 e. The molecule has 0 spiro atoms. The standard InChI is InChI=1S/C26H22ClF3N4O3/c1-37-21-13-7-11-18(22(21)27)23-24(35)33(15-20(31)16-8-3-2-4-9-16)25(36)34(32-23)14-17-10-5-6-12-19(17)26(28,29)30/h2-13,20H,14-15,31H2,1H3/t20-/m0/s1. The molecule has 7 nitrogen and oxygen atoms in total. The average molecular weight is 531 g/mol. The molecule has 0 radical (unpaired) electrons. The Kier molecular flexibility index (Phi) is 7.51. The third-order valence-electron chi connectivity index (χ3n) is 5.81. The Hall–Kier alpha value is -3.89. The Bertz CT molecular complexity index is 1540. The van der Waals surface area contributed by atoms with Crippen LogP contribution < -0.4 is 21.7 Å². The Morgan fingerprint density at radius 3 is 2.35 bits per heavy atom. The second-order valence-corrected chi connectivity index (χ2v) is 8.58. The third kappa shape index (κ3) is 5.45. The van der Waals surface area contributed by atoms with Crippen molar-refractivity contribution in [3.63, 3.8) is 0 Å². The fourth-order valence-corrected chi connectivity index (χ4v) is 4.24. The molecule has 0 aliphatic heterocycles. The van der Waals surface area contributed by atoms with Crippen LogP contribution in [-0.2, 0) is 19.3 Å². The number of halogens is 4. The molecule has 0 unspecified atom stereocenters. The van der Waals surface area contributed by atoms with E-state index in [-0.39, 0.29) is 34.1 Å². The summed E-state index contributed by atoms with van der Waals surface area (Å²) in [6.45, 7) is -0.774. The normalized spacial score (nSPS) is 12.4. The van der Waals surface area contributed by atoms with E-state index in [9.17, 15) is 22.8 Å². The molecule has 0 aliphatic rings. The van der Waals surface area contributed by atoms with Gasteiger partial charge in [-0.15, -0.1) is 0 Å². The summed E-state index contributed by atoms with van der Waals surface area (Å²) in [5.74, 6) is 0.257. The molecular formula is C26H22ClF3N4O3. The van der Waals surface area contributed by atoms with Crippen LogP contribution in [0.15, 0.2) is 82.4 Å². The maximum Gasteiger partial charge on any atom is 0.416 e. The summed E-state index contributed by atoms with van der Waals surface area (Å²) < 4.78 is 47.8. The molecule has 0 amide bonds. The zero-order valence-corrected chi connectivity index (χ0v) is 20.3. The number of rotatable bonds is 7. The largest absolute Gasteiger partial charge is 0.495 e. The van der Waals surface area contributed by atoms with E-state index in [1.807, 2.05) is 0 Å². The van der Waals surface area contributed by atoms with E-state index in [1.165, 1.54) is 31.4 Å². The third-order valence-corrected chi connectivity index (χ3v) is 6.20. The molecule has 37 heavy (non-hydrogen) atoms. The summed E-state index contributed by atoms with van der Waals surface area (Å²) in [7, 11) is 1.39. The van der Waals surface area contributed by atoms with Gasteiger partial charge in [0.15, 0.2) is 5.69 Å².